The molecule has 1 N–H and O–H groups in total. The first-order chi connectivity index (χ1) is 15.5. The first kappa shape index (κ1) is 22.6. The predicted molar refractivity (Wildman–Crippen MR) is 126 cm³/mol. The van der Waals surface area contributed by atoms with E-state index in [1.165, 1.54) is 25.7 Å². The number of rotatable bonds is 5. The van der Waals surface area contributed by atoms with Crippen LogP contribution >= 0.6 is 0 Å². The number of hydrogen-bond donors (Lipinski definition) is 1. The van der Waals surface area contributed by atoms with Gasteiger partial charge in [0.25, 0.3) is 5.91 Å². The number of nitrogens with zero attached hydrogens (tertiary/aromatic N) is 3. The van der Waals surface area contributed by atoms with E-state index in [0.29, 0.717) is 30.6 Å². The molecular weight excluding hydrogens is 400 g/mol. The fourth-order valence-electron chi connectivity index (χ4n) is 5.13. The minimum atomic E-state index is -0.00179. The topological polar surface area (TPSA) is 67.2 Å². The highest BCUT2D eigenvalue weighted by Gasteiger charge is 2.31. The molecule has 2 heterocycles. The van der Waals surface area contributed by atoms with Gasteiger partial charge in [-0.05, 0) is 50.7 Å². The van der Waals surface area contributed by atoms with Crippen molar-refractivity contribution in [1.29, 1.82) is 0 Å². The molecule has 0 radical (unpaired) electrons. The average Bonchev–Trinajstić information content (AvgIpc) is 3.03. The lowest BCUT2D eigenvalue weighted by atomic mass is 9.84. The molecule has 2 aliphatic rings. The first-order valence-corrected chi connectivity index (χ1v) is 12.2. The van der Waals surface area contributed by atoms with Gasteiger partial charge in [-0.1, -0.05) is 50.8 Å². The highest BCUT2D eigenvalue weighted by Crippen LogP contribution is 2.27. The third-order valence-electron chi connectivity index (χ3n) is 7.30. The maximum Gasteiger partial charge on any atom is 0.257 e. The smallest absolute Gasteiger partial charge is 0.257 e. The van der Waals surface area contributed by atoms with Gasteiger partial charge in [0.1, 0.15) is 0 Å². The molecule has 2 fully saturated rings. The van der Waals surface area contributed by atoms with Crippen molar-refractivity contribution in [2.24, 2.45) is 11.8 Å². The maximum absolute atomic E-state index is 13.2. The zero-order chi connectivity index (χ0) is 22.5. The van der Waals surface area contributed by atoms with E-state index >= 15 is 0 Å². The third kappa shape index (κ3) is 5.22. The Morgan fingerprint density at radius 2 is 1.66 bits per heavy atom. The lowest BCUT2D eigenvalue weighted by molar-refractivity contribution is -0.127. The lowest BCUT2D eigenvalue weighted by Gasteiger charge is -2.34. The van der Waals surface area contributed by atoms with Crippen LogP contribution in [0.15, 0.2) is 36.5 Å². The quantitative estimate of drug-likeness (QED) is 0.702. The second-order valence-electron chi connectivity index (χ2n) is 9.52. The fraction of sp³-hybridized carbons (Fsp3) is 0.577. The highest BCUT2D eigenvalue weighted by molar-refractivity contribution is 5.95. The average molecular weight is 437 g/mol. The Kier molecular flexibility index (Phi) is 7.28. The molecule has 172 valence electrons. The Morgan fingerprint density at radius 3 is 2.31 bits per heavy atom. The summed E-state index contributed by atoms with van der Waals surface area (Å²) in [4.78, 5) is 27.9. The molecule has 1 aliphatic carbocycles. The molecule has 6 nitrogen and oxygen atoms in total. The summed E-state index contributed by atoms with van der Waals surface area (Å²) >= 11 is 0. The molecule has 1 atom stereocenters. The standard InChI is InChI=1S/C26H36N4O2/c1-19(25(31)27-22-10-6-3-4-7-11-22)21-14-16-29(17-15-21)26(32)24-18-30(28-20(24)2)23-12-8-5-9-13-23/h5,8-9,12-13,18-19,21-22H,3-4,6-7,10-11,14-17H2,1-2H3,(H,27,31)/t19-/m1/s1. The van der Waals surface area contributed by atoms with Gasteiger partial charge in [-0.25, -0.2) is 4.68 Å². The summed E-state index contributed by atoms with van der Waals surface area (Å²) in [5.41, 5.74) is 2.35. The van der Waals surface area contributed by atoms with Crippen molar-refractivity contribution in [3.05, 3.63) is 47.8 Å². The second-order valence-corrected chi connectivity index (χ2v) is 9.52. The molecule has 1 saturated carbocycles. The van der Waals surface area contributed by atoms with Gasteiger partial charge in [-0.15, -0.1) is 0 Å². The van der Waals surface area contributed by atoms with E-state index < -0.39 is 0 Å². The molecule has 1 saturated heterocycles. The Bertz CT molecular complexity index is 907. The van der Waals surface area contributed by atoms with Crippen LogP contribution in [0.4, 0.5) is 0 Å². The normalized spacial score (nSPS) is 19.4. The summed E-state index contributed by atoms with van der Waals surface area (Å²) in [7, 11) is 0. The van der Waals surface area contributed by atoms with Crippen LogP contribution in [0.5, 0.6) is 0 Å². The van der Waals surface area contributed by atoms with Crippen LogP contribution in [0.2, 0.25) is 0 Å². The van der Waals surface area contributed by atoms with E-state index in [1.807, 2.05) is 48.4 Å². The van der Waals surface area contributed by atoms with Crippen molar-refractivity contribution in [3.8, 4) is 5.69 Å². The van der Waals surface area contributed by atoms with Crippen molar-refractivity contribution in [3.63, 3.8) is 0 Å². The Labute approximate surface area is 191 Å². The monoisotopic (exact) mass is 436 g/mol. The molecule has 1 aromatic carbocycles. The fourth-order valence-corrected chi connectivity index (χ4v) is 5.13. The molecule has 0 spiro atoms. The van der Waals surface area contributed by atoms with Crippen molar-refractivity contribution in [1.82, 2.24) is 20.0 Å². The zero-order valence-corrected chi connectivity index (χ0v) is 19.4. The van der Waals surface area contributed by atoms with E-state index in [1.54, 1.807) is 4.68 Å². The molecule has 2 aromatic rings. The SMILES string of the molecule is Cc1nn(-c2ccccc2)cc1C(=O)N1CCC([C@@H](C)C(=O)NC2CCCCCC2)CC1. The number of nitrogens with one attached hydrogen (secondary N) is 1. The molecule has 1 aromatic heterocycles. The lowest BCUT2D eigenvalue weighted by Crippen LogP contribution is -2.44. The second kappa shape index (κ2) is 10.3. The molecule has 0 bridgehead atoms. The molecule has 1 aliphatic heterocycles. The predicted octanol–water partition coefficient (Wildman–Crippen LogP) is 4.51. The van der Waals surface area contributed by atoms with Crippen molar-refractivity contribution in [2.75, 3.05) is 13.1 Å². The van der Waals surface area contributed by atoms with Gasteiger partial charge in [0.2, 0.25) is 5.91 Å². The third-order valence-corrected chi connectivity index (χ3v) is 7.30. The van der Waals surface area contributed by atoms with Crippen LogP contribution in [-0.4, -0.2) is 45.6 Å². The van der Waals surface area contributed by atoms with Crippen molar-refractivity contribution < 1.29 is 9.59 Å². The summed E-state index contributed by atoms with van der Waals surface area (Å²) < 4.78 is 1.77. The molecule has 0 unspecified atom stereocenters. The summed E-state index contributed by atoms with van der Waals surface area (Å²) in [5.74, 6) is 0.566. The molecule has 32 heavy (non-hydrogen) atoms. The molecular formula is C26H36N4O2. The van der Waals surface area contributed by atoms with Crippen LogP contribution in [0, 0.1) is 18.8 Å². The van der Waals surface area contributed by atoms with E-state index in [4.69, 9.17) is 0 Å². The van der Waals surface area contributed by atoms with E-state index in [9.17, 15) is 9.59 Å². The maximum atomic E-state index is 13.2. The van der Waals surface area contributed by atoms with Gasteiger partial charge >= 0.3 is 0 Å². The largest absolute Gasteiger partial charge is 0.353 e. The number of aromatic nitrogens is 2. The summed E-state index contributed by atoms with van der Waals surface area (Å²) in [6.07, 6.45) is 10.8. The van der Waals surface area contributed by atoms with Crippen molar-refractivity contribution >= 4 is 11.8 Å². The van der Waals surface area contributed by atoms with Crippen LogP contribution in [0.25, 0.3) is 5.69 Å². The molecule has 6 heteroatoms. The number of benzene rings is 1. The Morgan fingerprint density at radius 1 is 1.00 bits per heavy atom. The number of amides is 2. The Hall–Kier alpha value is -2.63. The van der Waals surface area contributed by atoms with E-state index in [0.717, 1.165) is 37.1 Å². The number of carbonyl (C=O) groups excluding carboxylic acids is 2. The van der Waals surface area contributed by atoms with Crippen LogP contribution in [-0.2, 0) is 4.79 Å². The van der Waals surface area contributed by atoms with Gasteiger partial charge in [0.05, 0.1) is 16.9 Å². The van der Waals surface area contributed by atoms with Crippen LogP contribution in [0.3, 0.4) is 0 Å². The van der Waals surface area contributed by atoms with Gasteiger partial charge in [0.15, 0.2) is 0 Å². The van der Waals surface area contributed by atoms with Gasteiger partial charge < -0.3 is 10.2 Å². The highest BCUT2D eigenvalue weighted by atomic mass is 16.2. The minimum absolute atomic E-state index is 0.00179. The number of piperidine rings is 1. The molecule has 4 rings (SSSR count). The minimum Gasteiger partial charge on any atom is -0.353 e. The van der Waals surface area contributed by atoms with Crippen LogP contribution < -0.4 is 5.32 Å². The van der Waals surface area contributed by atoms with Gasteiger partial charge in [-0.2, -0.15) is 5.10 Å². The number of aryl methyl sites for hydroxylation is 1. The van der Waals surface area contributed by atoms with E-state index in [2.05, 4.69) is 17.3 Å². The van der Waals surface area contributed by atoms with Gasteiger partial charge in [-0.3, -0.25) is 9.59 Å². The summed E-state index contributed by atoms with van der Waals surface area (Å²) in [6, 6.07) is 10.2. The number of para-hydroxylation sites is 1. The van der Waals surface area contributed by atoms with Crippen molar-refractivity contribution in [2.45, 2.75) is 71.3 Å². The zero-order valence-electron chi connectivity index (χ0n) is 19.4. The number of carbonyl (C=O) groups is 2. The van der Waals surface area contributed by atoms with Crippen LogP contribution in [0.1, 0.15) is 74.3 Å². The van der Waals surface area contributed by atoms with E-state index in [-0.39, 0.29) is 17.7 Å². The first-order valence-electron chi connectivity index (χ1n) is 12.2. The number of likely N-dealkylation sites (tertiary alicyclic amines) is 1. The summed E-state index contributed by atoms with van der Waals surface area (Å²) in [5, 5.41) is 7.85. The number of hydrogen-bond acceptors (Lipinski definition) is 3. The Balaban J connectivity index is 1.32. The van der Waals surface area contributed by atoms with Gasteiger partial charge in [0, 0.05) is 31.2 Å². The summed E-state index contributed by atoms with van der Waals surface area (Å²) in [6.45, 7) is 5.34. The molecule has 2 amide bonds.